The molecule has 0 saturated carbocycles. The molecule has 4 nitrogen and oxygen atoms in total. The van der Waals surface area contributed by atoms with Crippen LogP contribution in [0.3, 0.4) is 0 Å². The van der Waals surface area contributed by atoms with Crippen LogP contribution in [0.25, 0.3) is 0 Å². The van der Waals surface area contributed by atoms with Gasteiger partial charge in [-0.3, -0.25) is 4.90 Å². The Morgan fingerprint density at radius 1 is 0.920 bits per heavy atom. The van der Waals surface area contributed by atoms with Crippen molar-refractivity contribution >= 4 is 10.0 Å². The van der Waals surface area contributed by atoms with E-state index < -0.39 is 10.0 Å². The molecule has 0 spiro atoms. The quantitative estimate of drug-likeness (QED) is 0.825. The molecule has 1 saturated heterocycles. The summed E-state index contributed by atoms with van der Waals surface area (Å²) < 4.78 is 27.1. The maximum absolute atomic E-state index is 12.7. The van der Waals surface area contributed by atoms with Gasteiger partial charge in [-0.2, -0.15) is 4.31 Å². The second kappa shape index (κ2) is 7.68. The van der Waals surface area contributed by atoms with Crippen molar-refractivity contribution in [1.29, 1.82) is 0 Å². The van der Waals surface area contributed by atoms with E-state index in [4.69, 9.17) is 0 Å². The van der Waals surface area contributed by atoms with Crippen LogP contribution in [0, 0.1) is 13.8 Å². The van der Waals surface area contributed by atoms with Crippen molar-refractivity contribution in [2.24, 2.45) is 0 Å². The van der Waals surface area contributed by atoms with Crippen LogP contribution in [0.2, 0.25) is 0 Å². The first-order valence-corrected chi connectivity index (χ1v) is 10.4. The Labute approximate surface area is 151 Å². The van der Waals surface area contributed by atoms with Crippen molar-refractivity contribution in [3.05, 3.63) is 70.8 Å². The molecule has 0 radical (unpaired) electrons. The van der Waals surface area contributed by atoms with Gasteiger partial charge in [-0.15, -0.1) is 0 Å². The van der Waals surface area contributed by atoms with Gasteiger partial charge in [-0.1, -0.05) is 54.1 Å². The monoisotopic (exact) mass is 358 g/mol. The maximum Gasteiger partial charge on any atom is 0.218 e. The standard InChI is InChI=1S/C20H26N2O2S/c1-17-6-5-8-19(14-17)15-21-10-12-22(13-11-21)25(23,24)16-20-9-4-3-7-18(20)2/h3-9,14H,10-13,15-16H2,1-2H3. The van der Waals surface area contributed by atoms with Crippen molar-refractivity contribution in [1.82, 2.24) is 9.21 Å². The fraction of sp³-hybridized carbons (Fsp3) is 0.400. The van der Waals surface area contributed by atoms with Crippen molar-refractivity contribution in [3.8, 4) is 0 Å². The number of nitrogens with zero attached hydrogens (tertiary/aromatic N) is 2. The Kier molecular flexibility index (Phi) is 5.57. The molecule has 2 aromatic carbocycles. The molecule has 25 heavy (non-hydrogen) atoms. The molecule has 1 aliphatic heterocycles. The summed E-state index contributed by atoms with van der Waals surface area (Å²) in [5.74, 6) is 0.0948. The summed E-state index contributed by atoms with van der Waals surface area (Å²) in [5, 5.41) is 0. The number of aryl methyl sites for hydroxylation is 2. The van der Waals surface area contributed by atoms with Crippen LogP contribution in [-0.4, -0.2) is 43.8 Å². The van der Waals surface area contributed by atoms with Crippen LogP contribution in [0.1, 0.15) is 22.3 Å². The second-order valence-electron chi connectivity index (χ2n) is 6.85. The average Bonchev–Trinajstić information content (AvgIpc) is 2.57. The number of hydrogen-bond donors (Lipinski definition) is 0. The highest BCUT2D eigenvalue weighted by Crippen LogP contribution is 2.17. The van der Waals surface area contributed by atoms with Gasteiger partial charge >= 0.3 is 0 Å². The lowest BCUT2D eigenvalue weighted by molar-refractivity contribution is 0.181. The van der Waals surface area contributed by atoms with Crippen molar-refractivity contribution in [2.75, 3.05) is 26.2 Å². The average molecular weight is 359 g/mol. The normalized spacial score (nSPS) is 16.9. The fourth-order valence-corrected chi connectivity index (χ4v) is 4.91. The van der Waals surface area contributed by atoms with Gasteiger partial charge in [0, 0.05) is 32.7 Å². The molecule has 134 valence electrons. The number of hydrogen-bond acceptors (Lipinski definition) is 3. The first kappa shape index (κ1) is 18.1. The smallest absolute Gasteiger partial charge is 0.218 e. The lowest BCUT2D eigenvalue weighted by Crippen LogP contribution is -2.48. The van der Waals surface area contributed by atoms with Gasteiger partial charge in [0.1, 0.15) is 0 Å². The molecule has 0 aliphatic carbocycles. The van der Waals surface area contributed by atoms with Gasteiger partial charge < -0.3 is 0 Å². The van der Waals surface area contributed by atoms with Gasteiger partial charge in [-0.25, -0.2) is 8.42 Å². The number of piperazine rings is 1. The molecule has 0 amide bonds. The highest BCUT2D eigenvalue weighted by atomic mass is 32.2. The molecule has 1 aliphatic rings. The molecule has 3 rings (SSSR count). The zero-order valence-corrected chi connectivity index (χ0v) is 15.8. The van der Waals surface area contributed by atoms with Gasteiger partial charge in [0.2, 0.25) is 10.0 Å². The summed E-state index contributed by atoms with van der Waals surface area (Å²) in [4.78, 5) is 2.33. The van der Waals surface area contributed by atoms with E-state index >= 15 is 0 Å². The molecular weight excluding hydrogens is 332 g/mol. The fourth-order valence-electron chi connectivity index (χ4n) is 3.29. The Bertz CT molecular complexity index is 825. The predicted molar refractivity (Wildman–Crippen MR) is 102 cm³/mol. The van der Waals surface area contributed by atoms with Gasteiger partial charge in [0.05, 0.1) is 5.75 Å². The van der Waals surface area contributed by atoms with Crippen molar-refractivity contribution in [3.63, 3.8) is 0 Å². The molecule has 5 heteroatoms. The maximum atomic E-state index is 12.7. The zero-order chi connectivity index (χ0) is 17.9. The van der Waals surface area contributed by atoms with Crippen LogP contribution in [0.4, 0.5) is 0 Å². The lowest BCUT2D eigenvalue weighted by atomic mass is 10.1. The van der Waals surface area contributed by atoms with E-state index in [1.165, 1.54) is 11.1 Å². The van der Waals surface area contributed by atoms with E-state index in [9.17, 15) is 8.42 Å². The van der Waals surface area contributed by atoms with E-state index in [2.05, 4.69) is 36.1 Å². The Morgan fingerprint density at radius 2 is 1.64 bits per heavy atom. The largest absolute Gasteiger partial charge is 0.296 e. The van der Waals surface area contributed by atoms with Crippen LogP contribution in [0.15, 0.2) is 48.5 Å². The summed E-state index contributed by atoms with van der Waals surface area (Å²) in [7, 11) is -3.26. The third kappa shape index (κ3) is 4.69. The van der Waals surface area contributed by atoms with E-state index in [0.717, 1.165) is 30.8 Å². The Hall–Kier alpha value is -1.69. The van der Waals surface area contributed by atoms with E-state index in [1.54, 1.807) is 4.31 Å². The Morgan fingerprint density at radius 3 is 2.32 bits per heavy atom. The molecule has 0 atom stereocenters. The van der Waals surface area contributed by atoms with Gasteiger partial charge in [-0.05, 0) is 30.5 Å². The van der Waals surface area contributed by atoms with Crippen LogP contribution >= 0.6 is 0 Å². The number of sulfonamides is 1. The minimum Gasteiger partial charge on any atom is -0.296 e. The topological polar surface area (TPSA) is 40.6 Å². The summed E-state index contributed by atoms with van der Waals surface area (Å²) in [6.45, 7) is 7.64. The molecular formula is C20H26N2O2S. The number of benzene rings is 2. The highest BCUT2D eigenvalue weighted by molar-refractivity contribution is 7.88. The molecule has 0 aromatic heterocycles. The minimum atomic E-state index is -3.26. The highest BCUT2D eigenvalue weighted by Gasteiger charge is 2.27. The third-order valence-corrected chi connectivity index (χ3v) is 6.64. The van der Waals surface area contributed by atoms with E-state index in [0.29, 0.717) is 13.1 Å². The number of rotatable bonds is 5. The predicted octanol–water partition coefficient (Wildman–Crippen LogP) is 2.95. The van der Waals surface area contributed by atoms with Crippen LogP contribution < -0.4 is 0 Å². The van der Waals surface area contributed by atoms with Gasteiger partial charge in [0.15, 0.2) is 0 Å². The molecule has 0 bridgehead atoms. The Balaban J connectivity index is 1.59. The summed E-state index contributed by atoms with van der Waals surface area (Å²) in [6, 6.07) is 16.2. The van der Waals surface area contributed by atoms with Gasteiger partial charge in [0.25, 0.3) is 0 Å². The van der Waals surface area contributed by atoms with Crippen molar-refractivity contribution < 1.29 is 8.42 Å². The first-order chi connectivity index (χ1) is 11.9. The summed E-state index contributed by atoms with van der Waals surface area (Å²) in [6.07, 6.45) is 0. The lowest BCUT2D eigenvalue weighted by Gasteiger charge is -2.34. The zero-order valence-electron chi connectivity index (χ0n) is 15.0. The van der Waals surface area contributed by atoms with Crippen molar-refractivity contribution in [2.45, 2.75) is 26.1 Å². The first-order valence-electron chi connectivity index (χ1n) is 8.74. The molecule has 1 fully saturated rings. The SMILES string of the molecule is Cc1cccc(CN2CCN(S(=O)(=O)Cc3ccccc3C)CC2)c1. The minimum absolute atomic E-state index is 0.0948. The second-order valence-corrected chi connectivity index (χ2v) is 8.82. The molecule has 0 unspecified atom stereocenters. The summed E-state index contributed by atoms with van der Waals surface area (Å²) in [5.41, 5.74) is 4.47. The van der Waals surface area contributed by atoms with E-state index in [1.807, 2.05) is 31.2 Å². The molecule has 2 aromatic rings. The van der Waals surface area contributed by atoms with Crippen LogP contribution in [0.5, 0.6) is 0 Å². The van der Waals surface area contributed by atoms with E-state index in [-0.39, 0.29) is 5.75 Å². The molecule has 1 heterocycles. The summed E-state index contributed by atoms with van der Waals surface area (Å²) >= 11 is 0. The van der Waals surface area contributed by atoms with Crippen LogP contribution in [-0.2, 0) is 22.3 Å². The third-order valence-electron chi connectivity index (χ3n) is 4.81. The molecule has 0 N–H and O–H groups in total.